The minimum Gasteiger partial charge on any atom is -0.386 e. The fraction of sp³-hybridized carbons (Fsp3) is 0.200. The first-order valence-corrected chi connectivity index (χ1v) is 4.00. The topological polar surface area (TPSA) is 46.2 Å². The van der Waals surface area contributed by atoms with E-state index >= 15 is 0 Å². The second-order valence-electron chi connectivity index (χ2n) is 3.01. The van der Waals surface area contributed by atoms with Gasteiger partial charge in [-0.25, -0.2) is 0 Å². The third-order valence-corrected chi connectivity index (χ3v) is 2.18. The van der Waals surface area contributed by atoms with Gasteiger partial charge in [0.15, 0.2) is 0 Å². The Kier molecular flexibility index (Phi) is 3.09. The maximum absolute atomic E-state index is 9.65. The van der Waals surface area contributed by atoms with Crippen LogP contribution in [0.3, 0.4) is 0 Å². The molecule has 0 unspecified atom stereocenters. The predicted molar refractivity (Wildman–Crippen MR) is 55.7 cm³/mol. The van der Waals surface area contributed by atoms with E-state index in [9.17, 15) is 5.11 Å². The van der Waals surface area contributed by atoms with Crippen molar-refractivity contribution in [3.8, 4) is 0 Å². The Morgan fingerprint density at radius 2 is 1.92 bits per heavy atom. The van der Waals surface area contributed by atoms with Crippen molar-refractivity contribution in [2.24, 2.45) is 5.73 Å². The van der Waals surface area contributed by atoms with Crippen LogP contribution in [0.5, 0.6) is 0 Å². The monoisotopic (exact) mass is 197 g/mol. The molecule has 1 aromatic carbocycles. The Bertz CT molecular complexity index is 324. The Labute approximate surface area is 83.5 Å². The minimum absolute atomic E-state index is 0. The van der Waals surface area contributed by atoms with Crippen molar-refractivity contribution in [1.82, 2.24) is 0 Å². The van der Waals surface area contributed by atoms with E-state index < -0.39 is 6.10 Å². The quantitative estimate of drug-likeness (QED) is 0.662. The summed E-state index contributed by atoms with van der Waals surface area (Å²) in [6.07, 6.45) is 3.23. The van der Waals surface area contributed by atoms with Crippen molar-refractivity contribution < 1.29 is 5.11 Å². The summed E-state index contributed by atoms with van der Waals surface area (Å²) in [5.74, 6) is 0. The molecule has 2 atom stereocenters. The number of fused-ring (bicyclic) bond motifs is 1. The number of aliphatic hydroxyl groups excluding tert-OH is 1. The van der Waals surface area contributed by atoms with Crippen molar-refractivity contribution >= 4 is 18.5 Å². The predicted octanol–water partition coefficient (Wildman–Crippen LogP) is 1.50. The Hall–Kier alpha value is -0.830. The highest BCUT2D eigenvalue weighted by Gasteiger charge is 2.19. The van der Waals surface area contributed by atoms with E-state index in [0.717, 1.165) is 11.1 Å². The summed E-state index contributed by atoms with van der Waals surface area (Å²) in [7, 11) is 0. The van der Waals surface area contributed by atoms with E-state index in [1.54, 1.807) is 0 Å². The Balaban J connectivity index is 0.000000845. The lowest BCUT2D eigenvalue weighted by Crippen LogP contribution is -2.28. The molecule has 1 aliphatic rings. The van der Waals surface area contributed by atoms with Gasteiger partial charge in [0.05, 0.1) is 12.1 Å². The number of nitrogens with two attached hydrogens (primary N) is 1. The van der Waals surface area contributed by atoms with E-state index in [1.165, 1.54) is 0 Å². The summed E-state index contributed by atoms with van der Waals surface area (Å²) in [4.78, 5) is 0. The lowest BCUT2D eigenvalue weighted by molar-refractivity contribution is 0.162. The van der Waals surface area contributed by atoms with Gasteiger partial charge in [0.2, 0.25) is 0 Å². The van der Waals surface area contributed by atoms with Crippen LogP contribution in [0.15, 0.2) is 30.3 Å². The normalized spacial score (nSPS) is 24.8. The van der Waals surface area contributed by atoms with Crippen LogP contribution in [0.1, 0.15) is 17.2 Å². The number of aliphatic hydroxyl groups is 1. The first-order valence-electron chi connectivity index (χ1n) is 4.00. The summed E-state index contributed by atoms with van der Waals surface area (Å²) in [5, 5.41) is 9.65. The van der Waals surface area contributed by atoms with Crippen LogP contribution >= 0.6 is 12.4 Å². The van der Waals surface area contributed by atoms with Crippen molar-refractivity contribution in [2.75, 3.05) is 0 Å². The van der Waals surface area contributed by atoms with Gasteiger partial charge in [0.1, 0.15) is 0 Å². The molecular weight excluding hydrogens is 186 g/mol. The van der Waals surface area contributed by atoms with Crippen LogP contribution in [0, 0.1) is 0 Å². The fourth-order valence-electron chi connectivity index (χ4n) is 1.46. The molecule has 0 heterocycles. The van der Waals surface area contributed by atoms with Gasteiger partial charge in [-0.1, -0.05) is 36.4 Å². The molecule has 0 amide bonds. The molecule has 1 aromatic rings. The van der Waals surface area contributed by atoms with Gasteiger partial charge < -0.3 is 10.8 Å². The minimum atomic E-state index is -0.550. The number of rotatable bonds is 0. The summed E-state index contributed by atoms with van der Waals surface area (Å²) < 4.78 is 0. The molecule has 70 valence electrons. The first kappa shape index (κ1) is 10.3. The third kappa shape index (κ3) is 1.75. The van der Waals surface area contributed by atoms with Crippen LogP contribution in [0.4, 0.5) is 0 Å². The van der Waals surface area contributed by atoms with Crippen molar-refractivity contribution in [1.29, 1.82) is 0 Å². The van der Waals surface area contributed by atoms with Crippen LogP contribution in [-0.2, 0) is 0 Å². The number of hydrogen-bond donors (Lipinski definition) is 2. The zero-order valence-electron chi connectivity index (χ0n) is 7.05. The molecule has 2 rings (SSSR count). The van der Waals surface area contributed by atoms with Crippen molar-refractivity contribution in [3.05, 3.63) is 41.5 Å². The molecular formula is C10H12ClNO. The summed E-state index contributed by atoms with van der Waals surface area (Å²) >= 11 is 0. The molecule has 0 aromatic heterocycles. The molecule has 0 radical (unpaired) electrons. The largest absolute Gasteiger partial charge is 0.386 e. The smallest absolute Gasteiger partial charge is 0.0982 e. The SMILES string of the molecule is Cl.N[C@@H]1C=Cc2ccccc2[C@H]1O. The number of benzene rings is 1. The lowest BCUT2D eigenvalue weighted by atomic mass is 9.92. The van der Waals surface area contributed by atoms with E-state index in [4.69, 9.17) is 5.73 Å². The highest BCUT2D eigenvalue weighted by atomic mass is 35.5. The van der Waals surface area contributed by atoms with Crippen LogP contribution in [0.2, 0.25) is 0 Å². The Morgan fingerprint density at radius 3 is 2.69 bits per heavy atom. The molecule has 13 heavy (non-hydrogen) atoms. The van der Waals surface area contributed by atoms with E-state index in [2.05, 4.69) is 0 Å². The van der Waals surface area contributed by atoms with Gasteiger partial charge in [0.25, 0.3) is 0 Å². The van der Waals surface area contributed by atoms with Crippen LogP contribution in [-0.4, -0.2) is 11.1 Å². The number of halogens is 1. The van der Waals surface area contributed by atoms with E-state index in [0.29, 0.717) is 0 Å². The maximum atomic E-state index is 9.65. The van der Waals surface area contributed by atoms with Gasteiger partial charge >= 0.3 is 0 Å². The van der Waals surface area contributed by atoms with Gasteiger partial charge in [-0.3, -0.25) is 0 Å². The standard InChI is InChI=1S/C10H11NO.ClH/c11-9-6-5-7-3-1-2-4-8(7)10(9)12;/h1-6,9-10,12H,11H2;1H/t9-,10-;/m1./s1. The summed E-state index contributed by atoms with van der Waals surface area (Å²) in [5.41, 5.74) is 7.64. The molecule has 1 aliphatic carbocycles. The summed E-state index contributed by atoms with van der Waals surface area (Å²) in [6.45, 7) is 0. The van der Waals surface area contributed by atoms with Gasteiger partial charge in [-0.05, 0) is 11.1 Å². The molecule has 0 fully saturated rings. The van der Waals surface area contributed by atoms with Gasteiger partial charge in [-0.2, -0.15) is 0 Å². The van der Waals surface area contributed by atoms with E-state index in [1.807, 2.05) is 36.4 Å². The fourth-order valence-corrected chi connectivity index (χ4v) is 1.46. The third-order valence-electron chi connectivity index (χ3n) is 2.18. The maximum Gasteiger partial charge on any atom is 0.0982 e. The average Bonchev–Trinajstić information content (AvgIpc) is 2.12. The van der Waals surface area contributed by atoms with Gasteiger partial charge in [0, 0.05) is 0 Å². The highest BCUT2D eigenvalue weighted by molar-refractivity contribution is 5.85. The second-order valence-corrected chi connectivity index (χ2v) is 3.01. The molecule has 2 nitrogen and oxygen atoms in total. The zero-order chi connectivity index (χ0) is 8.55. The highest BCUT2D eigenvalue weighted by Crippen LogP contribution is 2.26. The van der Waals surface area contributed by atoms with Crippen LogP contribution < -0.4 is 5.73 Å². The lowest BCUT2D eigenvalue weighted by Gasteiger charge is -2.22. The van der Waals surface area contributed by atoms with Gasteiger partial charge in [-0.15, -0.1) is 12.4 Å². The van der Waals surface area contributed by atoms with Crippen molar-refractivity contribution in [2.45, 2.75) is 12.1 Å². The number of hydrogen-bond acceptors (Lipinski definition) is 2. The molecule has 3 N–H and O–H groups in total. The molecule has 0 saturated carbocycles. The summed E-state index contributed by atoms with van der Waals surface area (Å²) in [6, 6.07) is 7.48. The second kappa shape index (κ2) is 3.92. The molecule has 0 aliphatic heterocycles. The van der Waals surface area contributed by atoms with E-state index in [-0.39, 0.29) is 18.4 Å². The average molecular weight is 198 g/mol. The molecule has 0 saturated heterocycles. The zero-order valence-corrected chi connectivity index (χ0v) is 7.87. The van der Waals surface area contributed by atoms with Crippen LogP contribution in [0.25, 0.3) is 6.08 Å². The Morgan fingerprint density at radius 1 is 1.23 bits per heavy atom. The molecule has 0 spiro atoms. The van der Waals surface area contributed by atoms with Crippen molar-refractivity contribution in [3.63, 3.8) is 0 Å². The molecule has 0 bridgehead atoms. The first-order chi connectivity index (χ1) is 5.79. The molecule has 3 heteroatoms.